The van der Waals surface area contributed by atoms with Gasteiger partial charge in [0.15, 0.2) is 0 Å². The molecule has 0 aromatic carbocycles. The normalized spacial score (nSPS) is 22.6. The van der Waals surface area contributed by atoms with Gasteiger partial charge in [-0.1, -0.05) is 19.8 Å². The van der Waals surface area contributed by atoms with Crippen molar-refractivity contribution in [2.75, 3.05) is 33.2 Å². The number of nitrogens with zero attached hydrogens (tertiary/aromatic N) is 3. The summed E-state index contributed by atoms with van der Waals surface area (Å²) in [6.45, 7) is 4.64. The molecule has 0 heterocycles. The Morgan fingerprint density at radius 1 is 1.40 bits per heavy atom. The maximum atomic E-state index is 12.2. The predicted octanol–water partition coefficient (Wildman–Crippen LogP) is 1.20. The standard InChI is InChI=1S/C15H28N4O/c1-3-19(12-15(20)18(2)10-6-9-16)14-8-5-4-7-13(14)11-17/h13-14H,3-8,10-12,17H2,1-2H3. The topological polar surface area (TPSA) is 73.4 Å². The van der Waals surface area contributed by atoms with E-state index >= 15 is 0 Å². The average molecular weight is 280 g/mol. The summed E-state index contributed by atoms with van der Waals surface area (Å²) in [6.07, 6.45) is 5.20. The van der Waals surface area contributed by atoms with Crippen molar-refractivity contribution >= 4 is 5.91 Å². The molecule has 1 saturated carbocycles. The number of nitrogens with two attached hydrogens (primary N) is 1. The molecule has 0 aromatic rings. The maximum absolute atomic E-state index is 12.2. The quantitative estimate of drug-likeness (QED) is 0.760. The fraction of sp³-hybridized carbons (Fsp3) is 0.867. The van der Waals surface area contributed by atoms with Gasteiger partial charge in [0.1, 0.15) is 0 Å². The van der Waals surface area contributed by atoms with Crippen molar-refractivity contribution in [2.24, 2.45) is 11.7 Å². The lowest BCUT2D eigenvalue weighted by molar-refractivity contribution is -0.132. The van der Waals surface area contributed by atoms with Gasteiger partial charge in [-0.2, -0.15) is 5.26 Å². The van der Waals surface area contributed by atoms with Crippen LogP contribution in [0.25, 0.3) is 0 Å². The number of nitriles is 1. The van der Waals surface area contributed by atoms with Gasteiger partial charge in [0, 0.05) is 19.6 Å². The van der Waals surface area contributed by atoms with Crippen LogP contribution in [-0.2, 0) is 4.79 Å². The van der Waals surface area contributed by atoms with Crippen LogP contribution < -0.4 is 5.73 Å². The van der Waals surface area contributed by atoms with E-state index in [1.165, 1.54) is 19.3 Å². The van der Waals surface area contributed by atoms with Crippen LogP contribution >= 0.6 is 0 Å². The first-order chi connectivity index (χ1) is 9.63. The molecule has 2 atom stereocenters. The second-order valence-corrected chi connectivity index (χ2v) is 5.63. The van der Waals surface area contributed by atoms with Gasteiger partial charge in [0.2, 0.25) is 5.91 Å². The van der Waals surface area contributed by atoms with Crippen LogP contribution in [0.2, 0.25) is 0 Å². The van der Waals surface area contributed by atoms with Crippen molar-refractivity contribution in [1.29, 1.82) is 5.26 Å². The molecule has 2 N–H and O–H groups in total. The van der Waals surface area contributed by atoms with Gasteiger partial charge in [-0.25, -0.2) is 0 Å². The van der Waals surface area contributed by atoms with E-state index in [1.54, 1.807) is 11.9 Å². The molecule has 1 amide bonds. The number of hydrogen-bond donors (Lipinski definition) is 1. The highest BCUT2D eigenvalue weighted by Gasteiger charge is 2.29. The summed E-state index contributed by atoms with van der Waals surface area (Å²) in [5.41, 5.74) is 5.88. The van der Waals surface area contributed by atoms with E-state index in [1.807, 2.05) is 0 Å². The van der Waals surface area contributed by atoms with Crippen LogP contribution in [0.1, 0.15) is 39.0 Å². The van der Waals surface area contributed by atoms with Gasteiger partial charge in [-0.05, 0) is 31.8 Å². The zero-order valence-corrected chi connectivity index (χ0v) is 12.8. The summed E-state index contributed by atoms with van der Waals surface area (Å²) in [6, 6.07) is 2.51. The van der Waals surface area contributed by atoms with Gasteiger partial charge >= 0.3 is 0 Å². The highest BCUT2D eigenvalue weighted by molar-refractivity contribution is 5.78. The van der Waals surface area contributed by atoms with Crippen LogP contribution in [0.3, 0.4) is 0 Å². The van der Waals surface area contributed by atoms with Crippen molar-refractivity contribution in [3.63, 3.8) is 0 Å². The molecule has 1 aliphatic carbocycles. The zero-order valence-electron chi connectivity index (χ0n) is 12.8. The van der Waals surface area contributed by atoms with Gasteiger partial charge in [0.05, 0.1) is 19.0 Å². The van der Waals surface area contributed by atoms with Gasteiger partial charge in [0.25, 0.3) is 0 Å². The van der Waals surface area contributed by atoms with Crippen LogP contribution in [0.5, 0.6) is 0 Å². The molecule has 0 radical (unpaired) electrons. The SMILES string of the molecule is CCN(CC(=O)N(C)CCC#N)C1CCCCC1CN. The van der Waals surface area contributed by atoms with Crippen molar-refractivity contribution in [3.05, 3.63) is 0 Å². The molecule has 2 unspecified atom stereocenters. The summed E-state index contributed by atoms with van der Waals surface area (Å²) in [5, 5.41) is 8.58. The van der Waals surface area contributed by atoms with Gasteiger partial charge < -0.3 is 10.6 Å². The molecule has 0 spiro atoms. The number of rotatable bonds is 7. The lowest BCUT2D eigenvalue weighted by atomic mass is 9.83. The van der Waals surface area contributed by atoms with E-state index in [4.69, 9.17) is 11.0 Å². The molecule has 114 valence electrons. The Morgan fingerprint density at radius 2 is 2.10 bits per heavy atom. The maximum Gasteiger partial charge on any atom is 0.236 e. The van der Waals surface area contributed by atoms with Crippen LogP contribution in [-0.4, -0.2) is 55.0 Å². The molecule has 1 fully saturated rings. The molecule has 0 saturated heterocycles. The lowest BCUT2D eigenvalue weighted by Crippen LogP contribution is -2.49. The molecule has 0 bridgehead atoms. The molecule has 20 heavy (non-hydrogen) atoms. The second-order valence-electron chi connectivity index (χ2n) is 5.63. The molecule has 5 nitrogen and oxygen atoms in total. The van der Waals surface area contributed by atoms with Crippen molar-refractivity contribution in [1.82, 2.24) is 9.80 Å². The number of hydrogen-bond acceptors (Lipinski definition) is 4. The van der Waals surface area contributed by atoms with E-state index in [0.717, 1.165) is 13.0 Å². The third-order valence-corrected chi connectivity index (χ3v) is 4.37. The first-order valence-electron chi connectivity index (χ1n) is 7.69. The fourth-order valence-electron chi connectivity index (χ4n) is 3.04. The fourth-order valence-corrected chi connectivity index (χ4v) is 3.04. The summed E-state index contributed by atoms with van der Waals surface area (Å²) in [7, 11) is 1.77. The van der Waals surface area contributed by atoms with Crippen molar-refractivity contribution < 1.29 is 4.79 Å². The van der Waals surface area contributed by atoms with Crippen LogP contribution in [0.4, 0.5) is 0 Å². The molecule has 1 aliphatic rings. The van der Waals surface area contributed by atoms with Crippen molar-refractivity contribution in [3.8, 4) is 6.07 Å². The zero-order chi connectivity index (χ0) is 15.0. The van der Waals surface area contributed by atoms with E-state index in [2.05, 4.69) is 17.9 Å². The molecule has 0 aliphatic heterocycles. The first kappa shape index (κ1) is 16.9. The Morgan fingerprint density at radius 3 is 2.70 bits per heavy atom. The number of amides is 1. The minimum atomic E-state index is 0.100. The largest absolute Gasteiger partial charge is 0.344 e. The third kappa shape index (κ3) is 4.77. The van der Waals surface area contributed by atoms with E-state index in [0.29, 0.717) is 38.0 Å². The highest BCUT2D eigenvalue weighted by atomic mass is 16.2. The smallest absolute Gasteiger partial charge is 0.236 e. The lowest BCUT2D eigenvalue weighted by Gasteiger charge is -2.39. The molecular formula is C15H28N4O. The first-order valence-corrected chi connectivity index (χ1v) is 7.69. The average Bonchev–Trinajstić information content (AvgIpc) is 2.49. The van der Waals surface area contributed by atoms with Gasteiger partial charge in [-0.15, -0.1) is 0 Å². The Balaban J connectivity index is 2.57. The minimum absolute atomic E-state index is 0.100. The summed E-state index contributed by atoms with van der Waals surface area (Å²) in [4.78, 5) is 16.1. The highest BCUT2D eigenvalue weighted by Crippen LogP contribution is 2.27. The predicted molar refractivity (Wildman–Crippen MR) is 79.9 cm³/mol. The summed E-state index contributed by atoms with van der Waals surface area (Å²) < 4.78 is 0. The Kier molecular flexibility index (Phi) is 7.56. The van der Waals surface area contributed by atoms with Crippen molar-refractivity contribution in [2.45, 2.75) is 45.1 Å². The van der Waals surface area contributed by atoms with E-state index in [-0.39, 0.29) is 5.91 Å². The van der Waals surface area contributed by atoms with Crippen LogP contribution in [0.15, 0.2) is 0 Å². The Labute approximate surface area is 122 Å². The van der Waals surface area contributed by atoms with Crippen LogP contribution in [0, 0.1) is 17.2 Å². The number of likely N-dealkylation sites (N-methyl/N-ethyl adjacent to an activating group) is 2. The Bertz CT molecular complexity index is 339. The van der Waals surface area contributed by atoms with E-state index < -0.39 is 0 Å². The number of carbonyl (C=O) groups is 1. The Hall–Kier alpha value is -1.12. The number of carbonyl (C=O) groups excluding carboxylic acids is 1. The second kappa shape index (κ2) is 8.93. The van der Waals surface area contributed by atoms with Gasteiger partial charge in [-0.3, -0.25) is 9.69 Å². The third-order valence-electron chi connectivity index (χ3n) is 4.37. The molecule has 0 aromatic heterocycles. The molecule has 1 rings (SSSR count). The summed E-state index contributed by atoms with van der Waals surface area (Å²) in [5.74, 6) is 0.615. The summed E-state index contributed by atoms with van der Waals surface area (Å²) >= 11 is 0. The monoisotopic (exact) mass is 280 g/mol. The van der Waals surface area contributed by atoms with E-state index in [9.17, 15) is 4.79 Å². The minimum Gasteiger partial charge on any atom is -0.344 e. The molecule has 5 heteroatoms. The molecular weight excluding hydrogens is 252 g/mol.